The van der Waals surface area contributed by atoms with Crippen LogP contribution in [0.3, 0.4) is 0 Å². The summed E-state index contributed by atoms with van der Waals surface area (Å²) in [4.78, 5) is 27.3. The highest BCUT2D eigenvalue weighted by atomic mass is 16.3. The van der Waals surface area contributed by atoms with Crippen molar-refractivity contribution in [3.63, 3.8) is 0 Å². The van der Waals surface area contributed by atoms with Gasteiger partial charge in [0.15, 0.2) is 5.78 Å². The van der Waals surface area contributed by atoms with Crippen LogP contribution in [0.4, 0.5) is 0 Å². The summed E-state index contributed by atoms with van der Waals surface area (Å²) in [6.07, 6.45) is 6.96. The topological polar surface area (TPSA) is 82.2 Å². The number of H-pyrrole nitrogens is 1. The van der Waals surface area contributed by atoms with Crippen LogP contribution < -0.4 is 5.32 Å². The molecule has 1 aliphatic rings. The van der Waals surface area contributed by atoms with E-state index in [4.69, 9.17) is 0 Å². The first kappa shape index (κ1) is 16.5. The molecule has 1 saturated carbocycles. The Kier molecular flexibility index (Phi) is 5.11. The zero-order valence-electron chi connectivity index (χ0n) is 13.5. The van der Waals surface area contributed by atoms with E-state index in [1.807, 2.05) is 0 Å². The van der Waals surface area contributed by atoms with Crippen LogP contribution in [0.5, 0.6) is 0 Å². The number of carbonyl (C=O) groups is 2. The monoisotopic (exact) mass is 326 g/mol. The molecule has 24 heavy (non-hydrogen) atoms. The molecule has 2 aromatic rings. The molecule has 2 atom stereocenters. The van der Waals surface area contributed by atoms with Crippen molar-refractivity contribution in [2.45, 2.75) is 31.8 Å². The molecule has 3 N–H and O–H groups in total. The lowest BCUT2D eigenvalue weighted by atomic mass is 9.86. The van der Waals surface area contributed by atoms with Crippen LogP contribution in [0.25, 0.3) is 0 Å². The van der Waals surface area contributed by atoms with E-state index in [1.54, 1.807) is 42.7 Å². The van der Waals surface area contributed by atoms with Crippen molar-refractivity contribution in [2.24, 2.45) is 5.92 Å². The third kappa shape index (κ3) is 3.74. The molecule has 0 aliphatic heterocycles. The highest BCUT2D eigenvalue weighted by Gasteiger charge is 2.23. The van der Waals surface area contributed by atoms with Gasteiger partial charge in [-0.2, -0.15) is 0 Å². The van der Waals surface area contributed by atoms with Gasteiger partial charge in [0, 0.05) is 41.5 Å². The van der Waals surface area contributed by atoms with Gasteiger partial charge in [0.05, 0.1) is 6.10 Å². The van der Waals surface area contributed by atoms with Crippen LogP contribution >= 0.6 is 0 Å². The Balaban J connectivity index is 1.58. The molecule has 0 unspecified atom stereocenters. The second-order valence-electron chi connectivity index (χ2n) is 6.33. The van der Waals surface area contributed by atoms with E-state index < -0.39 is 0 Å². The number of aromatic amines is 1. The summed E-state index contributed by atoms with van der Waals surface area (Å²) in [5.74, 6) is -0.112. The second-order valence-corrected chi connectivity index (χ2v) is 6.33. The van der Waals surface area contributed by atoms with Gasteiger partial charge in [0.25, 0.3) is 5.91 Å². The van der Waals surface area contributed by atoms with Gasteiger partial charge >= 0.3 is 0 Å². The first-order valence-corrected chi connectivity index (χ1v) is 8.39. The Bertz CT molecular complexity index is 692. The lowest BCUT2D eigenvalue weighted by Gasteiger charge is -2.27. The zero-order chi connectivity index (χ0) is 16.9. The Morgan fingerprint density at radius 1 is 1.04 bits per heavy atom. The lowest BCUT2D eigenvalue weighted by molar-refractivity contribution is 0.0662. The van der Waals surface area contributed by atoms with Gasteiger partial charge in [-0.1, -0.05) is 25.0 Å². The fourth-order valence-electron chi connectivity index (χ4n) is 3.16. The molecule has 0 bridgehead atoms. The summed E-state index contributed by atoms with van der Waals surface area (Å²) >= 11 is 0. The van der Waals surface area contributed by atoms with Crippen molar-refractivity contribution in [1.29, 1.82) is 0 Å². The number of benzene rings is 1. The average Bonchev–Trinajstić information content (AvgIpc) is 3.15. The maximum atomic E-state index is 12.2. The first-order chi connectivity index (χ1) is 11.6. The largest absolute Gasteiger partial charge is 0.393 e. The van der Waals surface area contributed by atoms with Crippen LogP contribution in [-0.4, -0.2) is 34.4 Å². The third-order valence-corrected chi connectivity index (χ3v) is 4.66. The summed E-state index contributed by atoms with van der Waals surface area (Å²) in [6, 6.07) is 8.37. The molecule has 1 aromatic heterocycles. The van der Waals surface area contributed by atoms with Crippen molar-refractivity contribution in [1.82, 2.24) is 10.3 Å². The zero-order valence-corrected chi connectivity index (χ0v) is 13.5. The predicted molar refractivity (Wildman–Crippen MR) is 91.0 cm³/mol. The van der Waals surface area contributed by atoms with Gasteiger partial charge in [-0.05, 0) is 31.0 Å². The third-order valence-electron chi connectivity index (χ3n) is 4.66. The molecule has 0 saturated heterocycles. The van der Waals surface area contributed by atoms with Crippen LogP contribution in [0.1, 0.15) is 52.0 Å². The Labute approximate surface area is 141 Å². The molecule has 3 rings (SSSR count). The molecular formula is C19H22N2O3. The second kappa shape index (κ2) is 7.45. The molecule has 0 spiro atoms. The minimum Gasteiger partial charge on any atom is -0.393 e. The minimum atomic E-state index is -0.319. The Morgan fingerprint density at radius 3 is 2.42 bits per heavy atom. The van der Waals surface area contributed by atoms with Crippen LogP contribution in [0.15, 0.2) is 42.7 Å². The summed E-state index contributed by atoms with van der Waals surface area (Å²) < 4.78 is 0. The van der Waals surface area contributed by atoms with E-state index in [0.29, 0.717) is 23.2 Å². The maximum absolute atomic E-state index is 12.2. The van der Waals surface area contributed by atoms with E-state index in [9.17, 15) is 14.7 Å². The van der Waals surface area contributed by atoms with Crippen LogP contribution in [-0.2, 0) is 0 Å². The average molecular weight is 326 g/mol. The first-order valence-electron chi connectivity index (χ1n) is 8.39. The highest BCUT2D eigenvalue weighted by Crippen LogP contribution is 2.23. The van der Waals surface area contributed by atoms with E-state index >= 15 is 0 Å². The van der Waals surface area contributed by atoms with Gasteiger partial charge in [0.2, 0.25) is 0 Å². The van der Waals surface area contributed by atoms with Gasteiger partial charge in [0.1, 0.15) is 0 Å². The normalized spacial score (nSPS) is 20.5. The smallest absolute Gasteiger partial charge is 0.251 e. The molecule has 0 radical (unpaired) electrons. The number of carbonyl (C=O) groups excluding carboxylic acids is 2. The quantitative estimate of drug-likeness (QED) is 0.738. The number of aliphatic hydroxyl groups excluding tert-OH is 1. The lowest BCUT2D eigenvalue weighted by Crippen LogP contribution is -2.36. The van der Waals surface area contributed by atoms with Crippen molar-refractivity contribution >= 4 is 11.7 Å². The summed E-state index contributed by atoms with van der Waals surface area (Å²) in [5.41, 5.74) is 1.67. The van der Waals surface area contributed by atoms with Crippen molar-refractivity contribution in [3.05, 3.63) is 59.4 Å². The molecule has 126 valence electrons. The Hall–Kier alpha value is -2.40. The molecule has 5 heteroatoms. The van der Waals surface area contributed by atoms with E-state index in [0.717, 1.165) is 25.7 Å². The highest BCUT2D eigenvalue weighted by molar-refractivity contribution is 6.09. The van der Waals surface area contributed by atoms with Crippen LogP contribution in [0.2, 0.25) is 0 Å². The fraction of sp³-hybridized carbons (Fsp3) is 0.368. The van der Waals surface area contributed by atoms with Gasteiger partial charge in [-0.25, -0.2) is 0 Å². The number of hydrogen-bond acceptors (Lipinski definition) is 3. The number of nitrogens with one attached hydrogen (secondary N) is 2. The summed E-state index contributed by atoms with van der Waals surface area (Å²) in [6.45, 7) is 0.490. The summed E-state index contributed by atoms with van der Waals surface area (Å²) in [5, 5.41) is 12.8. The van der Waals surface area contributed by atoms with Crippen molar-refractivity contribution in [2.75, 3.05) is 6.54 Å². The number of amides is 1. The molecule has 5 nitrogen and oxygen atoms in total. The number of hydrogen-bond donors (Lipinski definition) is 3. The molecule has 1 fully saturated rings. The van der Waals surface area contributed by atoms with E-state index in [1.165, 1.54) is 0 Å². The van der Waals surface area contributed by atoms with E-state index in [2.05, 4.69) is 10.3 Å². The number of rotatable bonds is 5. The minimum absolute atomic E-state index is 0.0754. The number of ketones is 1. The summed E-state index contributed by atoms with van der Waals surface area (Å²) in [7, 11) is 0. The molecular weight excluding hydrogens is 304 g/mol. The molecule has 1 heterocycles. The van der Waals surface area contributed by atoms with Crippen molar-refractivity contribution in [3.8, 4) is 0 Å². The van der Waals surface area contributed by atoms with Crippen molar-refractivity contribution < 1.29 is 14.7 Å². The van der Waals surface area contributed by atoms with Gasteiger partial charge in [-0.15, -0.1) is 0 Å². The standard InChI is InChI=1S/C19H22N2O3/c22-17-4-2-1-3-15(17)12-21-19(24)14-7-5-13(6-8-14)18(23)16-9-10-20-11-16/h5-11,15,17,20,22H,1-4,12H2,(H,21,24)/t15-,17+/m0/s1. The fourth-order valence-corrected chi connectivity index (χ4v) is 3.16. The maximum Gasteiger partial charge on any atom is 0.251 e. The number of aliphatic hydroxyl groups is 1. The Morgan fingerprint density at radius 2 is 1.75 bits per heavy atom. The van der Waals surface area contributed by atoms with Crippen LogP contribution in [0, 0.1) is 5.92 Å². The SMILES string of the molecule is O=C(NC[C@@H]1CCCC[C@H]1O)c1ccc(C(=O)c2cc[nH]c2)cc1. The number of aromatic nitrogens is 1. The van der Waals surface area contributed by atoms with Gasteiger partial charge in [-0.3, -0.25) is 9.59 Å². The molecule has 1 aliphatic carbocycles. The predicted octanol–water partition coefficient (Wildman–Crippen LogP) is 2.53. The van der Waals surface area contributed by atoms with E-state index in [-0.39, 0.29) is 23.7 Å². The molecule has 1 aromatic carbocycles. The molecule has 1 amide bonds. The van der Waals surface area contributed by atoms with Gasteiger partial charge < -0.3 is 15.4 Å².